The lowest BCUT2D eigenvalue weighted by Crippen LogP contribution is -2.19. The van der Waals surface area contributed by atoms with Gasteiger partial charge in [-0.3, -0.25) is 9.35 Å². The molecule has 9 nitrogen and oxygen atoms in total. The van der Waals surface area contributed by atoms with Crippen LogP contribution >= 0.6 is 0 Å². The van der Waals surface area contributed by atoms with E-state index in [1.54, 1.807) is 19.3 Å². The summed E-state index contributed by atoms with van der Waals surface area (Å²) in [6.07, 6.45) is 2.24. The van der Waals surface area contributed by atoms with E-state index in [1.807, 2.05) is 76.2 Å². The lowest BCUT2D eigenvalue weighted by molar-refractivity contribution is 0.200. The number of nitrogens with one attached hydrogen (secondary N) is 1. The molecule has 0 amide bonds. The highest BCUT2D eigenvalue weighted by molar-refractivity contribution is 7.77. The van der Waals surface area contributed by atoms with Gasteiger partial charge in [-0.25, -0.2) is 8.93 Å². The number of hydrogen-bond donors (Lipinski definition) is 3. The molecule has 0 saturated carbocycles. The molecule has 3 N–H and O–H groups in total. The van der Waals surface area contributed by atoms with Gasteiger partial charge in [-0.05, 0) is 92.3 Å². The van der Waals surface area contributed by atoms with Crippen molar-refractivity contribution in [2.24, 2.45) is 7.05 Å². The van der Waals surface area contributed by atoms with Crippen LogP contribution in [-0.4, -0.2) is 38.2 Å². The molecule has 2 heterocycles. The lowest BCUT2D eigenvalue weighted by Gasteiger charge is -2.17. The molecule has 0 spiro atoms. The van der Waals surface area contributed by atoms with E-state index in [9.17, 15) is 14.1 Å². The first-order valence-electron chi connectivity index (χ1n) is 14.3. The number of furan rings is 1. The Morgan fingerprint density at radius 2 is 1.64 bits per heavy atom. The Kier molecular flexibility index (Phi) is 9.36. The normalized spacial score (nSPS) is 12.1. The molecule has 3 aromatic carbocycles. The molecule has 0 saturated heterocycles. The maximum absolute atomic E-state index is 13.4. The van der Waals surface area contributed by atoms with Gasteiger partial charge in [0.25, 0.3) is 5.56 Å². The molecule has 1 unspecified atom stereocenters. The van der Waals surface area contributed by atoms with E-state index < -0.39 is 11.3 Å². The van der Waals surface area contributed by atoms with Crippen molar-refractivity contribution in [2.45, 2.75) is 34.1 Å². The largest absolute Gasteiger partial charge is 0.491 e. The van der Waals surface area contributed by atoms with Gasteiger partial charge in [0, 0.05) is 36.5 Å². The topological polar surface area (TPSA) is 123 Å². The van der Waals surface area contributed by atoms with E-state index in [-0.39, 0.29) is 18.8 Å². The van der Waals surface area contributed by atoms with E-state index in [0.29, 0.717) is 46.8 Å². The second kappa shape index (κ2) is 13.2. The predicted molar refractivity (Wildman–Crippen MR) is 173 cm³/mol. The van der Waals surface area contributed by atoms with Crippen LogP contribution in [0.25, 0.3) is 33.4 Å². The minimum absolute atomic E-state index is 0.0793. The summed E-state index contributed by atoms with van der Waals surface area (Å²) in [5.41, 5.74) is 7.07. The van der Waals surface area contributed by atoms with Crippen molar-refractivity contribution in [3.05, 3.63) is 99.0 Å². The molecule has 0 radical (unpaired) electrons. The smallest absolute Gasteiger partial charge is 0.261 e. The summed E-state index contributed by atoms with van der Waals surface area (Å²) in [5.74, 6) is 2.57. The number of fused-ring (bicyclic) bond motifs is 1. The first-order chi connectivity index (χ1) is 21.1. The van der Waals surface area contributed by atoms with E-state index in [1.165, 1.54) is 4.57 Å². The molecule has 0 fully saturated rings. The van der Waals surface area contributed by atoms with Crippen molar-refractivity contribution in [3.63, 3.8) is 0 Å². The van der Waals surface area contributed by atoms with Crippen molar-refractivity contribution in [1.82, 2.24) is 9.29 Å². The number of aliphatic hydroxyl groups excluding tert-OH is 1. The van der Waals surface area contributed by atoms with Gasteiger partial charge >= 0.3 is 0 Å². The summed E-state index contributed by atoms with van der Waals surface area (Å²) in [6.45, 7) is 8.26. The molecular weight excluding hydrogens is 580 g/mol. The highest BCUT2D eigenvalue weighted by atomic mass is 32.2. The van der Waals surface area contributed by atoms with Gasteiger partial charge in [-0.1, -0.05) is 24.3 Å². The van der Waals surface area contributed by atoms with Crippen LogP contribution in [0.2, 0.25) is 0 Å². The van der Waals surface area contributed by atoms with Crippen LogP contribution in [0.1, 0.15) is 27.8 Å². The van der Waals surface area contributed by atoms with Gasteiger partial charge in [0.2, 0.25) is 11.3 Å². The third-order valence-corrected chi connectivity index (χ3v) is 7.98. The van der Waals surface area contributed by atoms with Gasteiger partial charge in [0.1, 0.15) is 35.2 Å². The zero-order chi connectivity index (χ0) is 31.5. The summed E-state index contributed by atoms with van der Waals surface area (Å²) in [4.78, 5) is 13.4. The molecule has 2 aromatic heterocycles. The number of ether oxygens (including phenoxy) is 2. The third kappa shape index (κ3) is 6.48. The number of hydrogen-bond acceptors (Lipinski definition) is 6. The van der Waals surface area contributed by atoms with Crippen LogP contribution in [0.4, 0.5) is 0 Å². The first kappa shape index (κ1) is 31.2. The summed E-state index contributed by atoms with van der Waals surface area (Å²) >= 11 is -2.11. The Morgan fingerprint density at radius 3 is 2.30 bits per heavy atom. The zero-order valence-corrected chi connectivity index (χ0v) is 26.2. The Balaban J connectivity index is 1.68. The van der Waals surface area contributed by atoms with Crippen molar-refractivity contribution < 1.29 is 27.8 Å². The summed E-state index contributed by atoms with van der Waals surface area (Å²) < 4.78 is 43.1. The van der Waals surface area contributed by atoms with Crippen molar-refractivity contribution in [2.75, 3.05) is 19.8 Å². The molecule has 230 valence electrons. The Bertz CT molecular complexity index is 1880. The number of benzene rings is 3. The fraction of sp³-hybridized carbons (Fsp3) is 0.265. The van der Waals surface area contributed by atoms with Gasteiger partial charge in [-0.2, -0.15) is 0 Å². The monoisotopic (exact) mass is 616 g/mol. The second-order valence-corrected chi connectivity index (χ2v) is 11.7. The van der Waals surface area contributed by atoms with Crippen LogP contribution in [0, 0.1) is 27.7 Å². The predicted octanol–water partition coefficient (Wildman–Crippen LogP) is 6.13. The van der Waals surface area contributed by atoms with Crippen LogP contribution in [0.3, 0.4) is 0 Å². The molecule has 5 rings (SSSR count). The number of aryl methyl sites for hydroxylation is 5. The number of para-hydroxylation sites is 1. The average molecular weight is 617 g/mol. The van der Waals surface area contributed by atoms with Crippen LogP contribution in [0.5, 0.6) is 17.2 Å². The fourth-order valence-electron chi connectivity index (χ4n) is 5.44. The SMILES string of the molecule is Cc1cc(-c2cc3c(=O)n(C)cc(-c4cc(CCNS(=O)O)ccc4Oc4c(C)cccc4C)c3o2)cc(C)c1OCCO. The number of rotatable bonds is 11. The van der Waals surface area contributed by atoms with Crippen LogP contribution in [-0.2, 0) is 24.7 Å². The van der Waals surface area contributed by atoms with E-state index in [2.05, 4.69) is 4.72 Å². The minimum atomic E-state index is -2.11. The van der Waals surface area contributed by atoms with Crippen molar-refractivity contribution in [3.8, 4) is 39.7 Å². The van der Waals surface area contributed by atoms with Crippen LogP contribution in [0.15, 0.2) is 70.0 Å². The summed E-state index contributed by atoms with van der Waals surface area (Å²) in [5, 5.41) is 9.62. The zero-order valence-electron chi connectivity index (χ0n) is 25.4. The third-order valence-electron chi connectivity index (χ3n) is 7.53. The molecule has 10 heteroatoms. The van der Waals surface area contributed by atoms with Gasteiger partial charge in [-0.15, -0.1) is 0 Å². The number of nitrogens with zero attached hydrogens (tertiary/aromatic N) is 1. The van der Waals surface area contributed by atoms with Crippen LogP contribution < -0.4 is 19.8 Å². The molecule has 44 heavy (non-hydrogen) atoms. The number of pyridine rings is 1. The second-order valence-electron chi connectivity index (χ2n) is 10.9. The van der Waals surface area contributed by atoms with Gasteiger partial charge in [0.05, 0.1) is 12.0 Å². The molecule has 0 aliphatic heterocycles. The Hall–Kier alpha value is -4.22. The highest BCUT2D eigenvalue weighted by Crippen LogP contribution is 2.41. The highest BCUT2D eigenvalue weighted by Gasteiger charge is 2.21. The lowest BCUT2D eigenvalue weighted by atomic mass is 10.00. The molecule has 0 aliphatic rings. The molecule has 5 aromatic rings. The average Bonchev–Trinajstić information content (AvgIpc) is 3.43. The van der Waals surface area contributed by atoms with Crippen molar-refractivity contribution in [1.29, 1.82) is 0 Å². The molecular formula is C34H36N2O7S. The fourth-order valence-corrected chi connectivity index (χ4v) is 5.71. The molecule has 1 atom stereocenters. The quantitative estimate of drug-likeness (QED) is 0.153. The van der Waals surface area contributed by atoms with Gasteiger partial charge < -0.3 is 23.6 Å². The number of aliphatic hydroxyl groups is 1. The van der Waals surface area contributed by atoms with E-state index >= 15 is 0 Å². The number of aromatic nitrogens is 1. The first-order valence-corrected chi connectivity index (χ1v) is 15.4. The van der Waals surface area contributed by atoms with Crippen molar-refractivity contribution >= 4 is 22.2 Å². The maximum atomic E-state index is 13.4. The van der Waals surface area contributed by atoms with Gasteiger partial charge in [0.15, 0.2) is 0 Å². The summed E-state index contributed by atoms with van der Waals surface area (Å²) in [6, 6.07) is 17.4. The minimum Gasteiger partial charge on any atom is -0.491 e. The Morgan fingerprint density at radius 1 is 0.932 bits per heavy atom. The summed E-state index contributed by atoms with van der Waals surface area (Å²) in [7, 11) is 1.70. The Labute approximate surface area is 258 Å². The van der Waals surface area contributed by atoms with E-state index in [4.69, 9.17) is 18.4 Å². The maximum Gasteiger partial charge on any atom is 0.261 e. The standard InChI is InChI=1S/C34H36N2O7S/c1-20-7-6-8-21(2)32(20)42-29-10-9-24(11-12-35-44(39)40)17-26(29)28-19-36(5)34(38)27-18-30(43-33(27)28)25-15-22(3)31(23(4)16-25)41-14-13-37/h6-10,15-19,35,37H,11-14H2,1-5H3,(H,39,40). The molecule has 0 bridgehead atoms. The molecule has 0 aliphatic carbocycles. The van der Waals surface area contributed by atoms with E-state index in [0.717, 1.165) is 44.7 Å².